The van der Waals surface area contributed by atoms with E-state index in [1.165, 1.54) is 19.3 Å². The first-order valence-corrected chi connectivity index (χ1v) is 6.68. The molecule has 0 aromatic heterocycles. The van der Waals surface area contributed by atoms with Gasteiger partial charge in [-0.3, -0.25) is 4.79 Å². The number of carbonyl (C=O) groups excluding carboxylic acids is 1. The highest BCUT2D eigenvalue weighted by atomic mass is 16.5. The van der Waals surface area contributed by atoms with Crippen LogP contribution in [0.15, 0.2) is 29.3 Å². The van der Waals surface area contributed by atoms with E-state index in [4.69, 9.17) is 4.74 Å². The fourth-order valence-electron chi connectivity index (χ4n) is 2.81. The van der Waals surface area contributed by atoms with E-state index in [9.17, 15) is 4.79 Å². The van der Waals surface area contributed by atoms with Crippen LogP contribution in [0, 0.1) is 5.92 Å². The topological polar surface area (TPSA) is 38.7 Å². The number of aliphatic imine (C=N–C) groups is 1. The van der Waals surface area contributed by atoms with E-state index in [2.05, 4.69) is 4.99 Å². The zero-order chi connectivity index (χ0) is 12.4. The van der Waals surface area contributed by atoms with Crippen molar-refractivity contribution in [2.75, 3.05) is 0 Å². The van der Waals surface area contributed by atoms with E-state index in [0.717, 1.165) is 36.3 Å². The molecule has 1 heterocycles. The Balaban J connectivity index is 1.93. The molecule has 1 fully saturated rings. The molecule has 0 N–H and O–H groups in total. The highest BCUT2D eigenvalue weighted by Gasteiger charge is 2.28. The van der Waals surface area contributed by atoms with Crippen LogP contribution in [-0.4, -0.2) is 12.2 Å². The Labute approximate surface area is 107 Å². The zero-order valence-corrected chi connectivity index (χ0v) is 10.3. The number of aldehydes is 1. The second kappa shape index (κ2) is 4.92. The highest BCUT2D eigenvalue weighted by molar-refractivity contribution is 5.87. The Kier molecular flexibility index (Phi) is 3.13. The minimum Gasteiger partial charge on any atom is -0.465 e. The Morgan fingerprint density at radius 1 is 1.17 bits per heavy atom. The molecule has 94 valence electrons. The molecule has 3 heteroatoms. The van der Waals surface area contributed by atoms with Crippen LogP contribution in [0.3, 0.4) is 0 Å². The highest BCUT2D eigenvalue weighted by Crippen LogP contribution is 2.36. The van der Waals surface area contributed by atoms with Crippen molar-refractivity contribution < 1.29 is 9.53 Å². The molecule has 18 heavy (non-hydrogen) atoms. The molecule has 3 rings (SSSR count). The lowest BCUT2D eigenvalue weighted by atomic mass is 9.88. The van der Waals surface area contributed by atoms with Crippen molar-refractivity contribution in [3.05, 3.63) is 29.8 Å². The molecule has 1 saturated carbocycles. The maximum absolute atomic E-state index is 11.2. The number of carbonyl (C=O) groups is 1. The SMILES string of the molecule is O=CC1OC(C2CCCCC2)=Nc2ccccc21. The van der Waals surface area contributed by atoms with Crippen molar-refractivity contribution in [2.45, 2.75) is 38.2 Å². The van der Waals surface area contributed by atoms with Crippen LogP contribution in [0.2, 0.25) is 0 Å². The van der Waals surface area contributed by atoms with Crippen LogP contribution < -0.4 is 0 Å². The van der Waals surface area contributed by atoms with Crippen molar-refractivity contribution in [1.29, 1.82) is 0 Å². The standard InChI is InChI=1S/C15H17NO2/c17-10-14-12-8-4-5-9-13(12)16-15(18-14)11-6-2-1-3-7-11/h4-5,8-11,14H,1-3,6-7H2. The van der Waals surface area contributed by atoms with Gasteiger partial charge in [-0.05, 0) is 18.9 Å². The number of fused-ring (bicyclic) bond motifs is 1. The summed E-state index contributed by atoms with van der Waals surface area (Å²) in [5.74, 6) is 1.17. The summed E-state index contributed by atoms with van der Waals surface area (Å²) >= 11 is 0. The predicted octanol–water partition coefficient (Wildman–Crippen LogP) is 3.57. The third kappa shape index (κ3) is 2.05. The average molecular weight is 243 g/mol. The number of benzene rings is 1. The van der Waals surface area contributed by atoms with Gasteiger partial charge in [0.25, 0.3) is 0 Å². The van der Waals surface area contributed by atoms with Gasteiger partial charge in [-0.25, -0.2) is 4.99 Å². The van der Waals surface area contributed by atoms with Gasteiger partial charge in [0, 0.05) is 11.5 Å². The first-order valence-electron chi connectivity index (χ1n) is 6.68. The van der Waals surface area contributed by atoms with Crippen LogP contribution in [0.25, 0.3) is 0 Å². The number of hydrogen-bond donors (Lipinski definition) is 0. The van der Waals surface area contributed by atoms with Gasteiger partial charge in [-0.1, -0.05) is 37.5 Å². The molecule has 3 nitrogen and oxygen atoms in total. The summed E-state index contributed by atoms with van der Waals surface area (Å²) in [6, 6.07) is 7.74. The van der Waals surface area contributed by atoms with Gasteiger partial charge in [-0.15, -0.1) is 0 Å². The Morgan fingerprint density at radius 2 is 1.94 bits per heavy atom. The normalized spacial score (nSPS) is 23.8. The summed E-state index contributed by atoms with van der Waals surface area (Å²) in [6.45, 7) is 0. The molecule has 0 amide bonds. The Hall–Kier alpha value is -1.64. The molecule has 0 bridgehead atoms. The third-order valence-electron chi connectivity index (χ3n) is 3.80. The van der Waals surface area contributed by atoms with E-state index < -0.39 is 6.10 Å². The van der Waals surface area contributed by atoms with Gasteiger partial charge in [0.1, 0.15) is 0 Å². The molecule has 1 aliphatic carbocycles. The molecule has 0 saturated heterocycles. The van der Waals surface area contributed by atoms with Gasteiger partial charge >= 0.3 is 0 Å². The lowest BCUT2D eigenvalue weighted by molar-refractivity contribution is -0.114. The summed E-state index contributed by atoms with van der Waals surface area (Å²) in [7, 11) is 0. The lowest BCUT2D eigenvalue weighted by Crippen LogP contribution is -2.25. The molecule has 1 atom stereocenters. The number of para-hydroxylation sites is 1. The first-order chi connectivity index (χ1) is 8.88. The molecule has 1 unspecified atom stereocenters. The van der Waals surface area contributed by atoms with Crippen LogP contribution in [0.1, 0.15) is 43.8 Å². The zero-order valence-electron chi connectivity index (χ0n) is 10.3. The van der Waals surface area contributed by atoms with Crippen LogP contribution >= 0.6 is 0 Å². The molecule has 1 aromatic carbocycles. The maximum atomic E-state index is 11.2. The Bertz CT molecular complexity index is 475. The van der Waals surface area contributed by atoms with E-state index >= 15 is 0 Å². The molecule has 2 aliphatic rings. The quantitative estimate of drug-likeness (QED) is 0.745. The van der Waals surface area contributed by atoms with E-state index in [0.29, 0.717) is 5.92 Å². The van der Waals surface area contributed by atoms with E-state index in [1.807, 2.05) is 24.3 Å². The van der Waals surface area contributed by atoms with Crippen molar-refractivity contribution in [2.24, 2.45) is 10.9 Å². The fraction of sp³-hybridized carbons (Fsp3) is 0.467. The van der Waals surface area contributed by atoms with Crippen molar-refractivity contribution >= 4 is 17.9 Å². The molecular weight excluding hydrogens is 226 g/mol. The smallest absolute Gasteiger partial charge is 0.192 e. The summed E-state index contributed by atoms with van der Waals surface area (Å²) in [5.41, 5.74) is 1.77. The number of hydrogen-bond acceptors (Lipinski definition) is 3. The van der Waals surface area contributed by atoms with Crippen molar-refractivity contribution in [1.82, 2.24) is 0 Å². The largest absolute Gasteiger partial charge is 0.465 e. The van der Waals surface area contributed by atoms with Gasteiger partial charge in [0.2, 0.25) is 0 Å². The maximum Gasteiger partial charge on any atom is 0.192 e. The minimum absolute atomic E-state index is 0.398. The van der Waals surface area contributed by atoms with Crippen LogP contribution in [0.4, 0.5) is 5.69 Å². The van der Waals surface area contributed by atoms with E-state index in [-0.39, 0.29) is 0 Å². The second-order valence-electron chi connectivity index (χ2n) is 5.02. The molecular formula is C15H17NO2. The molecule has 0 radical (unpaired) electrons. The third-order valence-corrected chi connectivity index (χ3v) is 3.80. The predicted molar refractivity (Wildman–Crippen MR) is 70.0 cm³/mol. The van der Waals surface area contributed by atoms with Crippen molar-refractivity contribution in [3.63, 3.8) is 0 Å². The molecule has 1 aliphatic heterocycles. The second-order valence-corrected chi connectivity index (χ2v) is 5.02. The number of nitrogens with zero attached hydrogens (tertiary/aromatic N) is 1. The summed E-state index contributed by atoms with van der Waals surface area (Å²) in [5, 5.41) is 0. The van der Waals surface area contributed by atoms with Crippen LogP contribution in [0.5, 0.6) is 0 Å². The number of ether oxygens (including phenoxy) is 1. The monoisotopic (exact) mass is 243 g/mol. The first kappa shape index (κ1) is 11.5. The summed E-state index contributed by atoms with van der Waals surface area (Å²) < 4.78 is 5.78. The fourth-order valence-corrected chi connectivity index (χ4v) is 2.81. The van der Waals surface area contributed by atoms with Gasteiger partial charge in [-0.2, -0.15) is 0 Å². The lowest BCUT2D eigenvalue weighted by Gasteiger charge is -2.28. The van der Waals surface area contributed by atoms with Gasteiger partial charge < -0.3 is 4.74 Å². The van der Waals surface area contributed by atoms with Gasteiger partial charge in [0.05, 0.1) is 5.69 Å². The summed E-state index contributed by atoms with van der Waals surface area (Å²) in [4.78, 5) is 15.8. The molecule has 0 spiro atoms. The average Bonchev–Trinajstić information content (AvgIpc) is 2.47. The minimum atomic E-state index is -0.476. The Morgan fingerprint density at radius 3 is 2.72 bits per heavy atom. The summed E-state index contributed by atoms with van der Waals surface area (Å²) in [6.07, 6.45) is 6.43. The van der Waals surface area contributed by atoms with Crippen LogP contribution in [-0.2, 0) is 9.53 Å². The van der Waals surface area contributed by atoms with Crippen molar-refractivity contribution in [3.8, 4) is 0 Å². The van der Waals surface area contributed by atoms with E-state index in [1.54, 1.807) is 0 Å². The number of rotatable bonds is 2. The molecule has 1 aromatic rings. The van der Waals surface area contributed by atoms with Gasteiger partial charge in [0.15, 0.2) is 18.3 Å².